The first kappa shape index (κ1) is 9.54. The van der Waals surface area contributed by atoms with Crippen LogP contribution in [0.1, 0.15) is 0 Å². The zero-order chi connectivity index (χ0) is 12.1. The van der Waals surface area contributed by atoms with Crippen molar-refractivity contribution in [1.82, 2.24) is 4.98 Å². The van der Waals surface area contributed by atoms with Gasteiger partial charge in [-0.25, -0.2) is 0 Å². The lowest BCUT2D eigenvalue weighted by atomic mass is 10.1. The zero-order valence-electron chi connectivity index (χ0n) is 9.77. The van der Waals surface area contributed by atoms with Crippen LogP contribution in [0.25, 0.3) is 32.4 Å². The van der Waals surface area contributed by atoms with Crippen molar-refractivity contribution in [2.45, 2.75) is 0 Å². The first-order chi connectivity index (χ1) is 8.83. The molecule has 0 aliphatic heterocycles. The highest BCUT2D eigenvalue weighted by molar-refractivity contribution is 6.19. The van der Waals surface area contributed by atoms with Gasteiger partial charge in [0.25, 0.3) is 0 Å². The summed E-state index contributed by atoms with van der Waals surface area (Å²) < 4.78 is 0. The van der Waals surface area contributed by atoms with E-state index in [1.54, 1.807) is 0 Å². The average molecular weight is 232 g/mol. The fraction of sp³-hybridized carbons (Fsp3) is 0. The molecule has 0 aliphatic carbocycles. The van der Waals surface area contributed by atoms with Gasteiger partial charge in [0.15, 0.2) is 0 Å². The van der Waals surface area contributed by atoms with Crippen molar-refractivity contribution in [2.75, 3.05) is 5.73 Å². The van der Waals surface area contributed by atoms with Crippen molar-refractivity contribution in [1.29, 1.82) is 0 Å². The maximum Gasteiger partial charge on any atom is 0.100 e. The van der Waals surface area contributed by atoms with E-state index in [2.05, 4.69) is 53.5 Å². The number of aromatic amines is 1. The predicted octanol–water partition coefficient (Wildman–Crippen LogP) is 4.06. The molecule has 1 aromatic heterocycles. The number of hydrogen-bond donors (Lipinski definition) is 2. The number of pyridine rings is 1. The quantitative estimate of drug-likeness (QED) is 0.471. The van der Waals surface area contributed by atoms with Gasteiger partial charge in [-0.1, -0.05) is 36.4 Å². The highest BCUT2D eigenvalue weighted by atomic mass is 14.8. The van der Waals surface area contributed by atoms with Crippen molar-refractivity contribution in [3.8, 4) is 0 Å². The zero-order valence-corrected chi connectivity index (χ0v) is 9.77. The van der Waals surface area contributed by atoms with Gasteiger partial charge < -0.3 is 10.7 Å². The van der Waals surface area contributed by atoms with E-state index in [1.807, 2.05) is 6.07 Å². The highest BCUT2D eigenvalue weighted by Gasteiger charge is 2.06. The minimum atomic E-state index is 0.695. The van der Waals surface area contributed by atoms with Gasteiger partial charge in [0.1, 0.15) is 5.82 Å². The van der Waals surface area contributed by atoms with Crippen LogP contribution in [0.4, 0.5) is 5.82 Å². The van der Waals surface area contributed by atoms with E-state index < -0.39 is 0 Å². The second kappa shape index (κ2) is 3.26. The molecular formula is C16H12N2. The third-order valence-electron chi connectivity index (χ3n) is 3.54. The van der Waals surface area contributed by atoms with E-state index in [1.165, 1.54) is 26.9 Å². The average Bonchev–Trinajstić information content (AvgIpc) is 2.78. The number of H-pyrrole nitrogens is 1. The summed E-state index contributed by atoms with van der Waals surface area (Å²) >= 11 is 0. The van der Waals surface area contributed by atoms with Crippen LogP contribution < -0.4 is 5.73 Å². The lowest BCUT2D eigenvalue weighted by Gasteiger charge is -2.02. The van der Waals surface area contributed by atoms with E-state index in [9.17, 15) is 0 Å². The van der Waals surface area contributed by atoms with Crippen LogP contribution in [0.3, 0.4) is 0 Å². The summed E-state index contributed by atoms with van der Waals surface area (Å²) in [6, 6.07) is 19.0. The van der Waals surface area contributed by atoms with Crippen LogP contribution in [0.15, 0.2) is 54.6 Å². The summed E-state index contributed by atoms with van der Waals surface area (Å²) in [5, 5.41) is 6.27. The van der Waals surface area contributed by atoms with E-state index >= 15 is 0 Å². The van der Waals surface area contributed by atoms with E-state index in [0.717, 1.165) is 5.52 Å². The fourth-order valence-corrected chi connectivity index (χ4v) is 2.69. The van der Waals surface area contributed by atoms with Gasteiger partial charge in [-0.15, -0.1) is 0 Å². The number of anilines is 1. The minimum Gasteiger partial charge on any atom is -0.385 e. The molecule has 2 heteroatoms. The Morgan fingerprint density at radius 3 is 2.50 bits per heavy atom. The van der Waals surface area contributed by atoms with Crippen molar-refractivity contribution in [3.05, 3.63) is 54.6 Å². The SMILES string of the molecule is Nc1ccc2ccc3c4ccccc4cc3c2[nH]1. The van der Waals surface area contributed by atoms with E-state index in [-0.39, 0.29) is 0 Å². The number of nitrogen functional groups attached to an aromatic ring is 1. The molecule has 0 aliphatic rings. The first-order valence-electron chi connectivity index (χ1n) is 6.01. The molecule has 0 fully saturated rings. The summed E-state index contributed by atoms with van der Waals surface area (Å²) in [4.78, 5) is 3.27. The molecule has 0 atom stereocenters. The Morgan fingerprint density at radius 2 is 1.56 bits per heavy atom. The molecule has 86 valence electrons. The maximum atomic E-state index is 5.85. The maximum absolute atomic E-state index is 5.85. The number of rotatable bonds is 0. The summed E-state index contributed by atoms with van der Waals surface area (Å²) in [6.45, 7) is 0. The Bertz CT molecular complexity index is 887. The molecule has 0 radical (unpaired) electrons. The number of hydrogen-bond acceptors (Lipinski definition) is 1. The Morgan fingerprint density at radius 1 is 0.722 bits per heavy atom. The Balaban J connectivity index is 2.31. The van der Waals surface area contributed by atoms with Gasteiger partial charge in [-0.05, 0) is 39.7 Å². The number of nitrogens with two attached hydrogens (primary N) is 1. The molecule has 0 saturated heterocycles. The lowest BCUT2D eigenvalue weighted by Crippen LogP contribution is -1.89. The number of benzene rings is 2. The van der Waals surface area contributed by atoms with Crippen LogP contribution in [-0.2, 0) is 0 Å². The second-order valence-corrected chi connectivity index (χ2v) is 4.64. The molecule has 0 saturated carbocycles. The molecular weight excluding hydrogens is 220 g/mol. The molecule has 2 nitrogen and oxygen atoms in total. The van der Waals surface area contributed by atoms with E-state index in [0.29, 0.717) is 5.82 Å². The summed E-state index contributed by atoms with van der Waals surface area (Å²) in [7, 11) is 0. The summed E-state index contributed by atoms with van der Waals surface area (Å²) in [5.74, 6) is 0.695. The normalized spacial score (nSPS) is 11.6. The number of nitrogens with one attached hydrogen (secondary N) is 1. The molecule has 0 unspecified atom stereocenters. The molecule has 0 bridgehead atoms. The third kappa shape index (κ3) is 1.17. The van der Waals surface area contributed by atoms with Gasteiger partial charge >= 0.3 is 0 Å². The van der Waals surface area contributed by atoms with Crippen molar-refractivity contribution in [2.24, 2.45) is 0 Å². The summed E-state index contributed by atoms with van der Waals surface area (Å²) in [6.07, 6.45) is 0. The highest BCUT2D eigenvalue weighted by Crippen LogP contribution is 2.33. The summed E-state index contributed by atoms with van der Waals surface area (Å²) in [5.41, 5.74) is 6.97. The van der Waals surface area contributed by atoms with Crippen LogP contribution in [0.5, 0.6) is 0 Å². The van der Waals surface area contributed by atoms with Gasteiger partial charge in [0.05, 0.1) is 5.52 Å². The standard InChI is InChI=1S/C16H12N2/c17-15-8-6-10-5-7-13-12-4-2-1-3-11(12)9-14(13)16(10)18-15/h1-9,18H,17H2. The molecule has 4 aromatic rings. The van der Waals surface area contributed by atoms with Crippen molar-refractivity contribution < 1.29 is 0 Å². The van der Waals surface area contributed by atoms with Crippen molar-refractivity contribution >= 4 is 38.3 Å². The van der Waals surface area contributed by atoms with Gasteiger partial charge in [-0.2, -0.15) is 0 Å². The van der Waals surface area contributed by atoms with Crippen LogP contribution in [0, 0.1) is 0 Å². The van der Waals surface area contributed by atoms with Crippen LogP contribution >= 0.6 is 0 Å². The van der Waals surface area contributed by atoms with Crippen LogP contribution in [0.2, 0.25) is 0 Å². The minimum absolute atomic E-state index is 0.695. The monoisotopic (exact) mass is 232 g/mol. The molecule has 1 heterocycles. The number of aromatic nitrogens is 1. The largest absolute Gasteiger partial charge is 0.385 e. The van der Waals surface area contributed by atoms with Gasteiger partial charge in [0, 0.05) is 5.39 Å². The molecule has 0 spiro atoms. The molecule has 4 rings (SSSR count). The van der Waals surface area contributed by atoms with Crippen LogP contribution in [-0.4, -0.2) is 4.98 Å². The Labute approximate surface area is 104 Å². The molecule has 18 heavy (non-hydrogen) atoms. The fourth-order valence-electron chi connectivity index (χ4n) is 2.69. The predicted molar refractivity (Wildman–Crippen MR) is 77.7 cm³/mol. The lowest BCUT2D eigenvalue weighted by molar-refractivity contribution is 1.43. The van der Waals surface area contributed by atoms with Gasteiger partial charge in [-0.3, -0.25) is 0 Å². The second-order valence-electron chi connectivity index (χ2n) is 4.64. The first-order valence-corrected chi connectivity index (χ1v) is 6.01. The Hall–Kier alpha value is -2.48. The molecule has 3 aromatic carbocycles. The topological polar surface area (TPSA) is 41.8 Å². The van der Waals surface area contributed by atoms with Crippen molar-refractivity contribution in [3.63, 3.8) is 0 Å². The number of fused-ring (bicyclic) bond motifs is 5. The molecule has 0 amide bonds. The Kier molecular flexibility index (Phi) is 1.73. The van der Waals surface area contributed by atoms with Gasteiger partial charge in [0.2, 0.25) is 0 Å². The van der Waals surface area contributed by atoms with E-state index in [4.69, 9.17) is 5.73 Å². The smallest absolute Gasteiger partial charge is 0.100 e. The third-order valence-corrected chi connectivity index (χ3v) is 3.54. The molecule has 3 N–H and O–H groups in total.